The Labute approximate surface area is 90.1 Å². The number of esters is 1. The van der Waals surface area contributed by atoms with Crippen molar-refractivity contribution in [1.29, 1.82) is 0 Å². The molecule has 0 saturated heterocycles. The number of nitrogens with zero attached hydrogens (tertiary/aromatic N) is 1. The van der Waals surface area contributed by atoms with Gasteiger partial charge in [0.05, 0.1) is 0 Å². The van der Waals surface area contributed by atoms with E-state index in [1.165, 1.54) is 19.1 Å². The molecule has 0 unspecified atom stereocenters. The molecule has 0 radical (unpaired) electrons. The van der Waals surface area contributed by atoms with Gasteiger partial charge in [-0.05, 0) is 23.8 Å². The highest BCUT2D eigenvalue weighted by molar-refractivity contribution is 6.06. The number of halogens is 2. The molecular weight excluding hydrogens is 216 g/mol. The number of benzene rings is 1. The molecule has 3 nitrogen and oxygen atoms in total. The van der Waals surface area contributed by atoms with Gasteiger partial charge in [0.2, 0.25) is 0 Å². The highest BCUT2D eigenvalue weighted by Gasteiger charge is 2.19. The molecule has 1 aliphatic rings. The van der Waals surface area contributed by atoms with Crippen molar-refractivity contribution in [2.24, 2.45) is 4.99 Å². The summed E-state index contributed by atoms with van der Waals surface area (Å²) in [5.41, 5.74) is 0.424. The van der Waals surface area contributed by atoms with E-state index in [0.29, 0.717) is 5.56 Å². The molecule has 0 bridgehead atoms. The predicted octanol–water partition coefficient (Wildman–Crippen LogP) is 2.28. The maximum Gasteiger partial charge on any atom is 0.363 e. The summed E-state index contributed by atoms with van der Waals surface area (Å²) in [5.74, 6) is -2.27. The van der Waals surface area contributed by atoms with Gasteiger partial charge in [-0.1, -0.05) is 6.07 Å². The Kier molecular flexibility index (Phi) is 2.52. The van der Waals surface area contributed by atoms with Crippen molar-refractivity contribution in [3.8, 4) is 0 Å². The van der Waals surface area contributed by atoms with Crippen LogP contribution in [0, 0.1) is 11.6 Å². The minimum absolute atomic E-state index is 0.0727. The van der Waals surface area contributed by atoms with E-state index in [0.717, 1.165) is 12.1 Å². The van der Waals surface area contributed by atoms with E-state index in [2.05, 4.69) is 9.73 Å². The summed E-state index contributed by atoms with van der Waals surface area (Å²) < 4.78 is 30.2. The number of hydrogen-bond acceptors (Lipinski definition) is 3. The van der Waals surface area contributed by atoms with Gasteiger partial charge in [-0.2, -0.15) is 0 Å². The second-order valence-electron chi connectivity index (χ2n) is 3.22. The quantitative estimate of drug-likeness (QED) is 0.541. The SMILES string of the molecule is CC1=NC(=Cc2ccc(F)c(F)c2)C(=O)O1. The predicted molar refractivity (Wildman–Crippen MR) is 53.5 cm³/mol. The first-order chi connectivity index (χ1) is 7.56. The summed E-state index contributed by atoms with van der Waals surface area (Å²) in [6, 6.07) is 3.32. The lowest BCUT2D eigenvalue weighted by Crippen LogP contribution is -1.99. The van der Waals surface area contributed by atoms with Crippen LogP contribution in [0.5, 0.6) is 0 Å². The Morgan fingerprint density at radius 3 is 2.62 bits per heavy atom. The number of hydrogen-bond donors (Lipinski definition) is 0. The number of cyclic esters (lactones) is 1. The van der Waals surface area contributed by atoms with Crippen LogP contribution in [0.4, 0.5) is 8.78 Å². The molecule has 2 rings (SSSR count). The fourth-order valence-corrected chi connectivity index (χ4v) is 1.28. The molecule has 0 N–H and O–H groups in total. The molecule has 0 fully saturated rings. The second kappa shape index (κ2) is 3.84. The van der Waals surface area contributed by atoms with Crippen LogP contribution in [0.15, 0.2) is 28.9 Å². The Morgan fingerprint density at radius 2 is 2.06 bits per heavy atom. The molecule has 16 heavy (non-hydrogen) atoms. The molecule has 0 amide bonds. The number of rotatable bonds is 1. The molecule has 0 saturated carbocycles. The van der Waals surface area contributed by atoms with Crippen LogP contribution in [0.2, 0.25) is 0 Å². The number of aliphatic imine (C=N–C) groups is 1. The second-order valence-corrected chi connectivity index (χ2v) is 3.22. The molecular formula is C11H7F2NO2. The van der Waals surface area contributed by atoms with Gasteiger partial charge in [-0.15, -0.1) is 0 Å². The van der Waals surface area contributed by atoms with E-state index < -0.39 is 17.6 Å². The minimum atomic E-state index is -0.971. The highest BCUT2D eigenvalue weighted by atomic mass is 19.2. The van der Waals surface area contributed by atoms with E-state index in [9.17, 15) is 13.6 Å². The first-order valence-corrected chi connectivity index (χ1v) is 4.50. The summed E-state index contributed by atoms with van der Waals surface area (Å²) in [7, 11) is 0. The van der Waals surface area contributed by atoms with Gasteiger partial charge in [0, 0.05) is 6.92 Å². The maximum atomic E-state index is 12.9. The van der Waals surface area contributed by atoms with Gasteiger partial charge >= 0.3 is 5.97 Å². The van der Waals surface area contributed by atoms with E-state index in [4.69, 9.17) is 0 Å². The van der Waals surface area contributed by atoms with Crippen molar-refractivity contribution < 1.29 is 18.3 Å². The third-order valence-electron chi connectivity index (χ3n) is 1.97. The molecule has 1 aromatic rings. The smallest absolute Gasteiger partial charge is 0.363 e. The number of carbonyl (C=O) groups excluding carboxylic acids is 1. The van der Waals surface area contributed by atoms with Gasteiger partial charge in [0.25, 0.3) is 0 Å². The van der Waals surface area contributed by atoms with E-state index in [1.807, 2.05) is 0 Å². The zero-order valence-corrected chi connectivity index (χ0v) is 8.33. The summed E-state index contributed by atoms with van der Waals surface area (Å²) in [4.78, 5) is 15.0. The van der Waals surface area contributed by atoms with Crippen molar-refractivity contribution in [2.75, 3.05) is 0 Å². The zero-order valence-electron chi connectivity index (χ0n) is 8.33. The summed E-state index contributed by atoms with van der Waals surface area (Å²) >= 11 is 0. The van der Waals surface area contributed by atoms with Crippen molar-refractivity contribution in [1.82, 2.24) is 0 Å². The highest BCUT2D eigenvalue weighted by Crippen LogP contribution is 2.16. The molecule has 82 valence electrons. The first-order valence-electron chi connectivity index (χ1n) is 4.50. The molecule has 5 heteroatoms. The molecule has 0 atom stereocenters. The summed E-state index contributed by atoms with van der Waals surface area (Å²) in [6.07, 6.45) is 1.33. The lowest BCUT2D eigenvalue weighted by molar-refractivity contribution is -0.130. The maximum absolute atomic E-state index is 12.9. The summed E-state index contributed by atoms with van der Waals surface area (Å²) in [6.45, 7) is 1.53. The normalized spacial score (nSPS) is 17.6. The fourth-order valence-electron chi connectivity index (χ4n) is 1.28. The molecule has 0 aromatic heterocycles. The summed E-state index contributed by atoms with van der Waals surface area (Å²) in [5, 5.41) is 0. The van der Waals surface area contributed by atoms with E-state index in [1.54, 1.807) is 0 Å². The van der Waals surface area contributed by atoms with Gasteiger partial charge in [0.15, 0.2) is 23.2 Å². The standard InChI is InChI=1S/C11H7F2NO2/c1-6-14-10(11(15)16-6)5-7-2-3-8(12)9(13)4-7/h2-5H,1H3. The van der Waals surface area contributed by atoms with Crippen LogP contribution >= 0.6 is 0 Å². The zero-order chi connectivity index (χ0) is 11.7. The molecule has 1 heterocycles. The van der Waals surface area contributed by atoms with Crippen LogP contribution in [0.3, 0.4) is 0 Å². The van der Waals surface area contributed by atoms with E-state index >= 15 is 0 Å². The van der Waals surface area contributed by atoms with E-state index in [-0.39, 0.29) is 11.6 Å². The van der Waals surface area contributed by atoms with Crippen LogP contribution in [-0.4, -0.2) is 11.9 Å². The van der Waals surface area contributed by atoms with Gasteiger partial charge < -0.3 is 4.74 Å². The number of carbonyl (C=O) groups is 1. The van der Waals surface area contributed by atoms with Crippen molar-refractivity contribution in [2.45, 2.75) is 6.92 Å². The third-order valence-corrected chi connectivity index (χ3v) is 1.97. The third kappa shape index (κ3) is 1.98. The lowest BCUT2D eigenvalue weighted by Gasteiger charge is -1.95. The van der Waals surface area contributed by atoms with Gasteiger partial charge in [-0.3, -0.25) is 0 Å². The molecule has 0 aliphatic carbocycles. The molecule has 0 spiro atoms. The van der Waals surface area contributed by atoms with Crippen LogP contribution in [0.25, 0.3) is 6.08 Å². The van der Waals surface area contributed by atoms with Gasteiger partial charge in [0.1, 0.15) is 0 Å². The van der Waals surface area contributed by atoms with Crippen molar-refractivity contribution in [3.05, 3.63) is 41.1 Å². The Hall–Kier alpha value is -2.04. The van der Waals surface area contributed by atoms with Gasteiger partial charge in [-0.25, -0.2) is 18.6 Å². The Balaban J connectivity index is 2.36. The van der Waals surface area contributed by atoms with Crippen molar-refractivity contribution in [3.63, 3.8) is 0 Å². The van der Waals surface area contributed by atoms with Crippen LogP contribution < -0.4 is 0 Å². The topological polar surface area (TPSA) is 38.7 Å². The molecule has 1 aliphatic heterocycles. The Bertz CT molecular complexity index is 521. The minimum Gasteiger partial charge on any atom is -0.407 e. The average Bonchev–Trinajstić information content (AvgIpc) is 2.51. The largest absolute Gasteiger partial charge is 0.407 e. The van der Waals surface area contributed by atoms with Crippen molar-refractivity contribution >= 4 is 17.9 Å². The Morgan fingerprint density at radius 1 is 1.31 bits per heavy atom. The fraction of sp³-hybridized carbons (Fsp3) is 0.0909. The molecule has 1 aromatic carbocycles. The number of ether oxygens (including phenoxy) is 1. The van der Waals surface area contributed by atoms with Crippen LogP contribution in [-0.2, 0) is 9.53 Å². The lowest BCUT2D eigenvalue weighted by atomic mass is 10.2. The van der Waals surface area contributed by atoms with Crippen LogP contribution in [0.1, 0.15) is 12.5 Å². The first kappa shape index (κ1) is 10.5. The monoisotopic (exact) mass is 223 g/mol. The average molecular weight is 223 g/mol.